The average Bonchev–Trinajstić information content (AvgIpc) is 2.84. The molecule has 3 aliphatic rings. The highest BCUT2D eigenvalue weighted by molar-refractivity contribution is 6.05. The van der Waals surface area contributed by atoms with Crippen LogP contribution in [0.4, 0.5) is 0 Å². The molecule has 1 aliphatic heterocycles. The third-order valence-corrected chi connectivity index (χ3v) is 6.65. The van der Waals surface area contributed by atoms with Crippen molar-refractivity contribution in [3.8, 4) is 11.5 Å². The van der Waals surface area contributed by atoms with Gasteiger partial charge in [-0.3, -0.25) is 9.59 Å². The zero-order valence-corrected chi connectivity index (χ0v) is 19.3. The topological polar surface area (TPSA) is 78.9 Å². The van der Waals surface area contributed by atoms with E-state index in [9.17, 15) is 14.4 Å². The van der Waals surface area contributed by atoms with Crippen molar-refractivity contribution in [1.82, 2.24) is 0 Å². The second kappa shape index (κ2) is 8.93. The summed E-state index contributed by atoms with van der Waals surface area (Å²) in [6, 6.07) is 12.3. The molecule has 0 radical (unpaired) electrons. The number of rotatable bonds is 4. The number of Topliss-reactive ketones (excluding diaryl/α,β-unsaturated/α-hetero) is 2. The van der Waals surface area contributed by atoms with Gasteiger partial charge < -0.3 is 14.2 Å². The third-order valence-electron chi connectivity index (χ3n) is 6.65. The van der Waals surface area contributed by atoms with Gasteiger partial charge in [0.2, 0.25) is 0 Å². The average molecular weight is 459 g/mol. The van der Waals surface area contributed by atoms with Gasteiger partial charge in [0.25, 0.3) is 0 Å². The molecule has 0 spiro atoms. The highest BCUT2D eigenvalue weighted by Crippen LogP contribution is 2.48. The Morgan fingerprint density at radius 3 is 2.06 bits per heavy atom. The fourth-order valence-electron chi connectivity index (χ4n) is 4.95. The van der Waals surface area contributed by atoms with Crippen LogP contribution in [0.25, 0.3) is 0 Å². The van der Waals surface area contributed by atoms with Crippen molar-refractivity contribution in [2.75, 3.05) is 7.11 Å². The smallest absolute Gasteiger partial charge is 0.343 e. The summed E-state index contributed by atoms with van der Waals surface area (Å²) < 4.78 is 17.3. The van der Waals surface area contributed by atoms with Gasteiger partial charge in [-0.15, -0.1) is 0 Å². The maximum absolute atomic E-state index is 13.0. The molecule has 0 N–H and O–H groups in total. The van der Waals surface area contributed by atoms with Crippen molar-refractivity contribution < 1.29 is 28.6 Å². The maximum atomic E-state index is 13.0. The fraction of sp³-hybridized carbons (Fsp3) is 0.321. The highest BCUT2D eigenvalue weighted by Gasteiger charge is 2.42. The summed E-state index contributed by atoms with van der Waals surface area (Å²) in [4.78, 5) is 38.6. The number of aryl methyl sites for hydroxylation is 1. The maximum Gasteiger partial charge on any atom is 0.343 e. The molecule has 0 aromatic heterocycles. The Bertz CT molecular complexity index is 1210. The number of hydrogen-bond acceptors (Lipinski definition) is 6. The van der Waals surface area contributed by atoms with E-state index in [1.807, 2.05) is 19.1 Å². The minimum atomic E-state index is -0.491. The van der Waals surface area contributed by atoms with Crippen molar-refractivity contribution in [3.05, 3.63) is 81.8 Å². The van der Waals surface area contributed by atoms with Crippen LogP contribution in [0, 0.1) is 6.92 Å². The molecular weight excluding hydrogens is 432 g/mol. The summed E-state index contributed by atoms with van der Waals surface area (Å²) in [7, 11) is 1.50. The number of carbonyl (C=O) groups is 3. The van der Waals surface area contributed by atoms with Gasteiger partial charge in [-0.2, -0.15) is 0 Å². The molecule has 34 heavy (non-hydrogen) atoms. The van der Waals surface area contributed by atoms with Crippen LogP contribution in [0.3, 0.4) is 0 Å². The lowest BCUT2D eigenvalue weighted by atomic mass is 9.73. The van der Waals surface area contributed by atoms with Crippen LogP contribution < -0.4 is 9.47 Å². The third kappa shape index (κ3) is 3.94. The first-order valence-corrected chi connectivity index (χ1v) is 11.6. The monoisotopic (exact) mass is 458 g/mol. The van der Waals surface area contributed by atoms with Gasteiger partial charge >= 0.3 is 5.97 Å². The van der Waals surface area contributed by atoms with E-state index in [0.717, 1.165) is 24.0 Å². The van der Waals surface area contributed by atoms with Gasteiger partial charge in [0.05, 0.1) is 12.7 Å². The van der Waals surface area contributed by atoms with Crippen LogP contribution in [0.2, 0.25) is 0 Å². The Morgan fingerprint density at radius 1 is 0.853 bits per heavy atom. The Hall–Kier alpha value is -3.67. The normalized spacial score (nSPS) is 18.3. The lowest BCUT2D eigenvalue weighted by Crippen LogP contribution is -2.30. The van der Waals surface area contributed by atoms with Gasteiger partial charge in [0.1, 0.15) is 11.5 Å². The number of allylic oxidation sites excluding steroid dienone is 4. The molecule has 0 unspecified atom stereocenters. The van der Waals surface area contributed by atoms with E-state index >= 15 is 0 Å². The molecular formula is C28H26O6. The fourth-order valence-corrected chi connectivity index (χ4v) is 4.95. The molecule has 174 valence electrons. The summed E-state index contributed by atoms with van der Waals surface area (Å²) in [6.45, 7) is 1.95. The summed E-state index contributed by atoms with van der Waals surface area (Å²) in [5, 5.41) is 0. The molecule has 0 fully saturated rings. The number of ketones is 2. The van der Waals surface area contributed by atoms with E-state index < -0.39 is 11.9 Å². The van der Waals surface area contributed by atoms with Crippen LogP contribution in [0.1, 0.15) is 65.9 Å². The zero-order valence-electron chi connectivity index (χ0n) is 19.3. The van der Waals surface area contributed by atoms with Gasteiger partial charge in [0, 0.05) is 42.7 Å². The molecule has 6 heteroatoms. The molecule has 0 saturated carbocycles. The Balaban J connectivity index is 1.53. The lowest BCUT2D eigenvalue weighted by Gasteiger charge is -2.36. The zero-order chi connectivity index (χ0) is 23.8. The van der Waals surface area contributed by atoms with E-state index in [0.29, 0.717) is 59.7 Å². The first kappa shape index (κ1) is 22.1. The minimum Gasteiger partial charge on any atom is -0.493 e. The first-order valence-electron chi connectivity index (χ1n) is 11.6. The number of benzene rings is 2. The molecule has 5 rings (SSSR count). The van der Waals surface area contributed by atoms with Gasteiger partial charge in [0.15, 0.2) is 23.1 Å². The minimum absolute atomic E-state index is 0.0185. The number of esters is 1. The molecule has 2 aliphatic carbocycles. The second-order valence-electron chi connectivity index (χ2n) is 8.93. The van der Waals surface area contributed by atoms with Crippen molar-refractivity contribution in [2.24, 2.45) is 0 Å². The summed E-state index contributed by atoms with van der Waals surface area (Å²) in [6.07, 6.45) is 3.76. The van der Waals surface area contributed by atoms with Gasteiger partial charge in [-0.25, -0.2) is 4.79 Å². The van der Waals surface area contributed by atoms with Crippen LogP contribution in [-0.4, -0.2) is 24.6 Å². The van der Waals surface area contributed by atoms with E-state index in [2.05, 4.69) is 0 Å². The SMILES string of the molecule is COc1cc(C2C3=C(CCCC3=O)OC3=C2C(=O)CCC3)ccc1OC(=O)c1ccc(C)cc1. The Kier molecular flexibility index (Phi) is 5.82. The van der Waals surface area contributed by atoms with Crippen LogP contribution >= 0.6 is 0 Å². The molecule has 0 amide bonds. The Labute approximate surface area is 198 Å². The van der Waals surface area contributed by atoms with E-state index in [1.54, 1.807) is 30.3 Å². The van der Waals surface area contributed by atoms with Crippen LogP contribution in [0.15, 0.2) is 65.1 Å². The molecule has 2 aromatic carbocycles. The molecule has 1 heterocycles. The second-order valence-corrected chi connectivity index (χ2v) is 8.93. The predicted octanol–water partition coefficient (Wildman–Crippen LogP) is 5.35. The van der Waals surface area contributed by atoms with Crippen molar-refractivity contribution in [3.63, 3.8) is 0 Å². The summed E-state index contributed by atoms with van der Waals surface area (Å²) in [5.41, 5.74) is 3.39. The van der Waals surface area contributed by atoms with Gasteiger partial charge in [-0.05, 0) is 49.6 Å². The molecule has 2 aromatic rings. The first-order chi connectivity index (χ1) is 16.5. The van der Waals surface area contributed by atoms with Crippen LogP contribution in [0.5, 0.6) is 11.5 Å². The Morgan fingerprint density at radius 2 is 1.47 bits per heavy atom. The van der Waals surface area contributed by atoms with Crippen molar-refractivity contribution >= 4 is 17.5 Å². The number of carbonyl (C=O) groups excluding carboxylic acids is 3. The van der Waals surface area contributed by atoms with Crippen LogP contribution in [-0.2, 0) is 14.3 Å². The highest BCUT2D eigenvalue weighted by atomic mass is 16.6. The number of ether oxygens (including phenoxy) is 3. The lowest BCUT2D eigenvalue weighted by molar-refractivity contribution is -0.117. The van der Waals surface area contributed by atoms with E-state index in [4.69, 9.17) is 14.2 Å². The summed E-state index contributed by atoms with van der Waals surface area (Å²) >= 11 is 0. The van der Waals surface area contributed by atoms with E-state index in [-0.39, 0.29) is 17.3 Å². The standard InChI is InChI=1S/C28H26O6/c1-16-9-11-17(12-10-16)28(31)34-21-14-13-18(15-24(21)32-2)25-26-19(29)5-3-7-22(26)33-23-8-4-6-20(30)27(23)25/h9-15,25H,3-8H2,1-2H3. The summed E-state index contributed by atoms with van der Waals surface area (Å²) in [5.74, 6) is 1.06. The molecule has 6 nitrogen and oxygen atoms in total. The van der Waals surface area contributed by atoms with Crippen molar-refractivity contribution in [1.29, 1.82) is 0 Å². The van der Waals surface area contributed by atoms with E-state index in [1.165, 1.54) is 7.11 Å². The quantitative estimate of drug-likeness (QED) is 0.454. The predicted molar refractivity (Wildman–Crippen MR) is 125 cm³/mol. The largest absolute Gasteiger partial charge is 0.493 e. The number of hydrogen-bond donors (Lipinski definition) is 0. The number of methoxy groups -OCH3 is 1. The molecule has 0 atom stereocenters. The molecule has 0 bridgehead atoms. The molecule has 0 saturated heterocycles. The van der Waals surface area contributed by atoms with Gasteiger partial charge in [-0.1, -0.05) is 23.8 Å². The van der Waals surface area contributed by atoms with Crippen molar-refractivity contribution in [2.45, 2.75) is 51.4 Å².